The number of ether oxygens (including phenoxy) is 1. The van der Waals surface area contributed by atoms with E-state index in [1.54, 1.807) is 31.4 Å². The van der Waals surface area contributed by atoms with E-state index in [9.17, 15) is 9.90 Å². The Morgan fingerprint density at radius 1 is 1.31 bits per heavy atom. The van der Waals surface area contributed by atoms with Crippen LogP contribution in [-0.2, 0) is 7.05 Å². The highest BCUT2D eigenvalue weighted by Crippen LogP contribution is 2.15. The monoisotopic (exact) mass is 220 g/mol. The normalized spacial score (nSPS) is 10.4. The van der Waals surface area contributed by atoms with Crippen molar-refractivity contribution in [2.24, 2.45) is 7.05 Å². The van der Waals surface area contributed by atoms with Crippen molar-refractivity contribution in [3.63, 3.8) is 0 Å². The second kappa shape index (κ2) is 3.73. The van der Waals surface area contributed by atoms with Gasteiger partial charge < -0.3 is 9.84 Å². The van der Waals surface area contributed by atoms with Crippen molar-refractivity contribution in [2.45, 2.75) is 0 Å². The van der Waals surface area contributed by atoms with Crippen LogP contribution in [0.25, 0.3) is 5.69 Å². The first-order valence-electron chi connectivity index (χ1n) is 4.61. The summed E-state index contributed by atoms with van der Waals surface area (Å²) in [5, 5.41) is 14.9. The molecule has 0 aliphatic rings. The largest absolute Gasteiger partial charge is 0.844 e. The molecule has 0 fully saturated rings. The van der Waals surface area contributed by atoms with Gasteiger partial charge in [-0.05, 0) is 24.3 Å². The smallest absolute Gasteiger partial charge is 0.349 e. The van der Waals surface area contributed by atoms with E-state index in [-0.39, 0.29) is 0 Å². The van der Waals surface area contributed by atoms with Crippen molar-refractivity contribution in [2.75, 3.05) is 7.11 Å². The molecule has 16 heavy (non-hydrogen) atoms. The first kappa shape index (κ1) is 10.3. The van der Waals surface area contributed by atoms with E-state index in [1.807, 2.05) is 0 Å². The highest BCUT2D eigenvalue weighted by atomic mass is 16.5. The molecule has 0 unspecified atom stereocenters. The van der Waals surface area contributed by atoms with E-state index in [1.165, 1.54) is 7.05 Å². The number of rotatable bonds is 2. The van der Waals surface area contributed by atoms with E-state index in [4.69, 9.17) is 4.74 Å². The van der Waals surface area contributed by atoms with Crippen LogP contribution in [-0.4, -0.2) is 21.5 Å². The summed E-state index contributed by atoms with van der Waals surface area (Å²) >= 11 is 0. The van der Waals surface area contributed by atoms with Crippen LogP contribution in [0, 0.1) is 0 Å². The molecule has 0 aliphatic carbocycles. The first-order valence-corrected chi connectivity index (χ1v) is 4.61. The standard InChI is InChI=1S/C10H11N3O3/c1-12-10(15)13(9(14)11-12)7-3-5-8(16-2)6-4-7/h3-6H,1-2H3,(H,11,14)/p-1. The SMILES string of the molecule is COc1ccc(-n2c([O-])nn(C)c2=O)cc1. The third kappa shape index (κ3) is 1.54. The molecule has 0 spiro atoms. The predicted molar refractivity (Wildman–Crippen MR) is 54.8 cm³/mol. The topological polar surface area (TPSA) is 72.1 Å². The van der Waals surface area contributed by atoms with Crippen LogP contribution in [0.4, 0.5) is 0 Å². The fourth-order valence-corrected chi connectivity index (χ4v) is 1.39. The highest BCUT2D eigenvalue weighted by Gasteiger charge is 2.06. The minimum atomic E-state index is -0.585. The lowest BCUT2D eigenvalue weighted by Gasteiger charge is -2.08. The Labute approximate surface area is 91.3 Å². The summed E-state index contributed by atoms with van der Waals surface area (Å²) in [6, 6.07) is 6.02. The molecule has 6 heteroatoms. The zero-order chi connectivity index (χ0) is 11.7. The summed E-state index contributed by atoms with van der Waals surface area (Å²) in [5.74, 6) is 0.660. The van der Waals surface area contributed by atoms with Gasteiger partial charge in [-0.1, -0.05) is 0 Å². The van der Waals surface area contributed by atoms with Crippen LogP contribution in [0.5, 0.6) is 11.8 Å². The highest BCUT2D eigenvalue weighted by molar-refractivity contribution is 5.38. The second-order valence-corrected chi connectivity index (χ2v) is 3.22. The molecule has 2 aromatic rings. The minimum Gasteiger partial charge on any atom is -0.844 e. The Morgan fingerprint density at radius 2 is 1.94 bits per heavy atom. The molecular formula is C10H10N3O3-. The van der Waals surface area contributed by atoms with Gasteiger partial charge in [-0.15, -0.1) is 0 Å². The van der Waals surface area contributed by atoms with Crippen LogP contribution in [0.1, 0.15) is 0 Å². The zero-order valence-corrected chi connectivity index (χ0v) is 8.88. The van der Waals surface area contributed by atoms with Gasteiger partial charge in [0, 0.05) is 7.05 Å². The van der Waals surface area contributed by atoms with E-state index in [2.05, 4.69) is 5.10 Å². The maximum atomic E-state index is 11.6. The molecule has 0 aliphatic heterocycles. The van der Waals surface area contributed by atoms with E-state index in [0.29, 0.717) is 11.4 Å². The molecule has 0 saturated heterocycles. The molecule has 2 rings (SSSR count). The second-order valence-electron chi connectivity index (χ2n) is 3.22. The first-order chi connectivity index (χ1) is 7.63. The minimum absolute atomic E-state index is 0.463. The van der Waals surface area contributed by atoms with E-state index in [0.717, 1.165) is 9.25 Å². The maximum Gasteiger partial charge on any atom is 0.349 e. The quantitative estimate of drug-likeness (QED) is 0.693. The van der Waals surface area contributed by atoms with Crippen molar-refractivity contribution in [3.05, 3.63) is 34.7 Å². The molecule has 0 saturated carbocycles. The lowest BCUT2D eigenvalue weighted by molar-refractivity contribution is -0.284. The average Bonchev–Trinajstić information content (AvgIpc) is 2.54. The number of aryl methyl sites for hydroxylation is 1. The number of benzene rings is 1. The number of aromatic nitrogens is 3. The summed E-state index contributed by atoms with van der Waals surface area (Å²) in [4.78, 5) is 11.6. The number of hydrogen-bond donors (Lipinski definition) is 0. The molecule has 0 bridgehead atoms. The molecule has 84 valence electrons. The number of nitrogens with zero attached hydrogens (tertiary/aromatic N) is 3. The summed E-state index contributed by atoms with van der Waals surface area (Å²) in [7, 11) is 2.98. The van der Waals surface area contributed by atoms with Crippen molar-refractivity contribution in [1.82, 2.24) is 14.3 Å². The summed E-state index contributed by atoms with van der Waals surface area (Å²) in [5.41, 5.74) is 0.0130. The summed E-state index contributed by atoms with van der Waals surface area (Å²) in [6.45, 7) is 0. The molecule has 1 heterocycles. The molecule has 0 amide bonds. The van der Waals surface area contributed by atoms with Gasteiger partial charge in [0.15, 0.2) is 0 Å². The van der Waals surface area contributed by atoms with Crippen LogP contribution >= 0.6 is 0 Å². The third-order valence-electron chi connectivity index (χ3n) is 2.23. The van der Waals surface area contributed by atoms with Gasteiger partial charge in [0.05, 0.1) is 18.8 Å². The van der Waals surface area contributed by atoms with Gasteiger partial charge in [-0.3, -0.25) is 4.57 Å². The molecule has 1 aromatic heterocycles. The molecule has 6 nitrogen and oxygen atoms in total. The number of hydrogen-bond acceptors (Lipinski definition) is 4. The van der Waals surface area contributed by atoms with Crippen molar-refractivity contribution in [3.8, 4) is 17.4 Å². The third-order valence-corrected chi connectivity index (χ3v) is 2.23. The molecule has 0 atom stereocenters. The fraction of sp³-hybridized carbons (Fsp3) is 0.200. The lowest BCUT2D eigenvalue weighted by Crippen LogP contribution is -2.22. The van der Waals surface area contributed by atoms with Crippen molar-refractivity contribution < 1.29 is 9.84 Å². The summed E-state index contributed by atoms with van der Waals surface area (Å²) < 4.78 is 6.99. The van der Waals surface area contributed by atoms with Gasteiger partial charge in [0.2, 0.25) is 0 Å². The van der Waals surface area contributed by atoms with Crippen molar-refractivity contribution in [1.29, 1.82) is 0 Å². The predicted octanol–water partition coefficient (Wildman–Crippen LogP) is -0.347. The van der Waals surface area contributed by atoms with E-state index < -0.39 is 11.7 Å². The van der Waals surface area contributed by atoms with Crippen LogP contribution in [0.2, 0.25) is 0 Å². The Bertz CT molecular complexity index is 554. The van der Waals surface area contributed by atoms with Gasteiger partial charge in [0.1, 0.15) is 5.75 Å². The lowest BCUT2D eigenvalue weighted by atomic mass is 10.3. The summed E-state index contributed by atoms with van der Waals surface area (Å²) in [6.07, 6.45) is 0. The number of methoxy groups -OCH3 is 1. The molecule has 1 aromatic carbocycles. The van der Waals surface area contributed by atoms with E-state index >= 15 is 0 Å². The van der Waals surface area contributed by atoms with Gasteiger partial charge in [-0.25, -0.2) is 9.48 Å². The van der Waals surface area contributed by atoms with Gasteiger partial charge in [0.25, 0.3) is 0 Å². The van der Waals surface area contributed by atoms with Crippen molar-refractivity contribution >= 4 is 0 Å². The molecule has 0 N–H and O–H groups in total. The van der Waals surface area contributed by atoms with Gasteiger partial charge >= 0.3 is 5.69 Å². The molecular weight excluding hydrogens is 210 g/mol. The Kier molecular flexibility index (Phi) is 2.40. The van der Waals surface area contributed by atoms with Crippen LogP contribution in [0.15, 0.2) is 29.1 Å². The Morgan fingerprint density at radius 3 is 2.38 bits per heavy atom. The van der Waals surface area contributed by atoms with Crippen LogP contribution < -0.4 is 15.5 Å². The fourth-order valence-electron chi connectivity index (χ4n) is 1.39. The van der Waals surface area contributed by atoms with Crippen LogP contribution in [0.3, 0.4) is 0 Å². The Hall–Kier alpha value is -2.24. The average molecular weight is 220 g/mol. The Balaban J connectivity index is 2.54. The maximum absolute atomic E-state index is 11.6. The van der Waals surface area contributed by atoms with Gasteiger partial charge in [-0.2, -0.15) is 5.10 Å². The molecule has 0 radical (unpaired) electrons. The zero-order valence-electron chi connectivity index (χ0n) is 8.88.